The average Bonchev–Trinajstić information content (AvgIpc) is 2.36. The van der Waals surface area contributed by atoms with Crippen LogP contribution >= 0.6 is 0 Å². The summed E-state index contributed by atoms with van der Waals surface area (Å²) in [5, 5.41) is 1.05. The van der Waals surface area contributed by atoms with Crippen LogP contribution in [-0.2, 0) is 14.4 Å². The first-order valence-corrected chi connectivity index (χ1v) is 6.49. The van der Waals surface area contributed by atoms with Gasteiger partial charge in [-0.1, -0.05) is 12.1 Å². The van der Waals surface area contributed by atoms with Crippen LogP contribution in [0.25, 0.3) is 10.8 Å². The van der Waals surface area contributed by atoms with Crippen LogP contribution in [0, 0.1) is 0 Å². The summed E-state index contributed by atoms with van der Waals surface area (Å²) in [4.78, 5) is 33.6. The average molecular weight is 302 g/mol. The lowest BCUT2D eigenvalue weighted by Gasteiger charge is -2.12. The third kappa shape index (κ3) is 3.60. The quantitative estimate of drug-likeness (QED) is 0.640. The third-order valence-electron chi connectivity index (χ3n) is 2.64. The van der Waals surface area contributed by atoms with Crippen molar-refractivity contribution in [3.8, 4) is 17.2 Å². The molecule has 0 unspecified atom stereocenters. The normalized spacial score (nSPS) is 10.1. The Hall–Kier alpha value is -2.89. The first-order chi connectivity index (χ1) is 10.4. The van der Waals surface area contributed by atoms with Crippen molar-refractivity contribution in [2.45, 2.75) is 20.8 Å². The maximum atomic E-state index is 11.3. The highest BCUT2D eigenvalue weighted by molar-refractivity contribution is 5.97. The summed E-state index contributed by atoms with van der Waals surface area (Å²) in [6.07, 6.45) is 0. The number of fused-ring (bicyclic) bond motifs is 1. The van der Waals surface area contributed by atoms with Gasteiger partial charge >= 0.3 is 17.9 Å². The molecule has 0 radical (unpaired) electrons. The molecule has 2 rings (SSSR count). The van der Waals surface area contributed by atoms with Gasteiger partial charge in [0.25, 0.3) is 0 Å². The van der Waals surface area contributed by atoms with Gasteiger partial charge < -0.3 is 14.2 Å². The van der Waals surface area contributed by atoms with Crippen molar-refractivity contribution in [3.05, 3.63) is 30.3 Å². The molecule has 0 N–H and O–H groups in total. The molecule has 0 bridgehead atoms. The fourth-order valence-electron chi connectivity index (χ4n) is 2.03. The molecule has 22 heavy (non-hydrogen) atoms. The van der Waals surface area contributed by atoms with Crippen LogP contribution in [0.4, 0.5) is 0 Å². The molecule has 0 heterocycles. The molecule has 0 aliphatic heterocycles. The summed E-state index contributed by atoms with van der Waals surface area (Å²) in [5.41, 5.74) is 0. The molecule has 2 aromatic rings. The number of ether oxygens (including phenoxy) is 3. The second kappa shape index (κ2) is 6.26. The van der Waals surface area contributed by atoms with Crippen LogP contribution in [-0.4, -0.2) is 17.9 Å². The van der Waals surface area contributed by atoms with Gasteiger partial charge in [0, 0.05) is 26.8 Å². The molecule has 6 heteroatoms. The molecule has 0 atom stereocenters. The van der Waals surface area contributed by atoms with Crippen LogP contribution in [0.2, 0.25) is 0 Å². The Morgan fingerprint density at radius 1 is 0.773 bits per heavy atom. The lowest BCUT2D eigenvalue weighted by Crippen LogP contribution is -2.06. The Morgan fingerprint density at radius 2 is 1.36 bits per heavy atom. The minimum Gasteiger partial charge on any atom is -0.427 e. The molecule has 0 amide bonds. The molecule has 0 aliphatic carbocycles. The zero-order valence-electron chi connectivity index (χ0n) is 12.3. The van der Waals surface area contributed by atoms with E-state index in [0.717, 1.165) is 0 Å². The smallest absolute Gasteiger partial charge is 0.308 e. The van der Waals surface area contributed by atoms with E-state index in [1.165, 1.54) is 26.8 Å². The van der Waals surface area contributed by atoms with Crippen LogP contribution < -0.4 is 14.2 Å². The Labute approximate surface area is 126 Å². The third-order valence-corrected chi connectivity index (χ3v) is 2.64. The van der Waals surface area contributed by atoms with Gasteiger partial charge in [-0.3, -0.25) is 14.4 Å². The number of rotatable bonds is 3. The van der Waals surface area contributed by atoms with E-state index in [1.807, 2.05) is 0 Å². The van der Waals surface area contributed by atoms with Crippen molar-refractivity contribution in [2.24, 2.45) is 0 Å². The molecule has 114 valence electrons. The van der Waals surface area contributed by atoms with Crippen LogP contribution in [0.1, 0.15) is 20.8 Å². The van der Waals surface area contributed by atoms with Gasteiger partial charge in [-0.25, -0.2) is 0 Å². The lowest BCUT2D eigenvalue weighted by atomic mass is 10.1. The maximum Gasteiger partial charge on any atom is 0.308 e. The van der Waals surface area contributed by atoms with E-state index in [-0.39, 0.29) is 17.2 Å². The summed E-state index contributed by atoms with van der Waals surface area (Å²) in [5.74, 6) is -0.890. The maximum absolute atomic E-state index is 11.3. The monoisotopic (exact) mass is 302 g/mol. The molecule has 0 saturated carbocycles. The Balaban J connectivity index is 2.67. The summed E-state index contributed by atoms with van der Waals surface area (Å²) >= 11 is 0. The lowest BCUT2D eigenvalue weighted by molar-refractivity contribution is -0.132. The van der Waals surface area contributed by atoms with Crippen LogP contribution in [0.3, 0.4) is 0 Å². The number of hydrogen-bond acceptors (Lipinski definition) is 6. The zero-order chi connectivity index (χ0) is 16.3. The predicted molar refractivity (Wildman–Crippen MR) is 77.9 cm³/mol. The standard InChI is InChI=1S/C16H14O6/c1-9(17)20-13-7-12-5-4-6-14(21-10(2)18)16(12)15(8-13)22-11(3)19/h4-8H,1-3H3. The van der Waals surface area contributed by atoms with Crippen molar-refractivity contribution < 1.29 is 28.6 Å². The molecule has 0 saturated heterocycles. The second-order valence-corrected chi connectivity index (χ2v) is 4.56. The SMILES string of the molecule is CC(=O)Oc1cc(OC(C)=O)c2c(OC(C)=O)cccc2c1. The predicted octanol–water partition coefficient (Wildman–Crippen LogP) is 2.62. The number of esters is 3. The topological polar surface area (TPSA) is 78.9 Å². The fourth-order valence-corrected chi connectivity index (χ4v) is 2.03. The zero-order valence-corrected chi connectivity index (χ0v) is 12.3. The Bertz CT molecular complexity index is 763. The number of benzene rings is 2. The number of hydrogen-bond donors (Lipinski definition) is 0. The van der Waals surface area contributed by atoms with Gasteiger partial charge in [0.15, 0.2) is 0 Å². The minimum atomic E-state index is -0.543. The summed E-state index contributed by atoms with van der Waals surface area (Å²) in [6, 6.07) is 7.98. The Kier molecular flexibility index (Phi) is 4.41. The van der Waals surface area contributed by atoms with Gasteiger partial charge in [0.2, 0.25) is 0 Å². The summed E-state index contributed by atoms with van der Waals surface area (Å²) in [7, 11) is 0. The van der Waals surface area contributed by atoms with E-state index < -0.39 is 17.9 Å². The van der Waals surface area contributed by atoms with Crippen molar-refractivity contribution in [3.63, 3.8) is 0 Å². The Morgan fingerprint density at radius 3 is 1.95 bits per heavy atom. The van der Waals surface area contributed by atoms with Gasteiger partial charge in [0.1, 0.15) is 17.2 Å². The highest BCUT2D eigenvalue weighted by Crippen LogP contribution is 2.38. The van der Waals surface area contributed by atoms with Gasteiger partial charge in [-0.05, 0) is 17.5 Å². The fraction of sp³-hybridized carbons (Fsp3) is 0.188. The van der Waals surface area contributed by atoms with Crippen LogP contribution in [0.15, 0.2) is 30.3 Å². The molecule has 0 aromatic heterocycles. The van der Waals surface area contributed by atoms with Gasteiger partial charge in [-0.15, -0.1) is 0 Å². The minimum absolute atomic E-state index is 0.151. The van der Waals surface area contributed by atoms with E-state index >= 15 is 0 Å². The van der Waals surface area contributed by atoms with E-state index in [1.54, 1.807) is 24.3 Å². The molecular formula is C16H14O6. The van der Waals surface area contributed by atoms with E-state index in [2.05, 4.69) is 0 Å². The summed E-state index contributed by atoms with van der Waals surface area (Å²) in [6.45, 7) is 3.79. The van der Waals surface area contributed by atoms with Crippen molar-refractivity contribution in [1.82, 2.24) is 0 Å². The molecule has 0 fully saturated rings. The summed E-state index contributed by atoms with van der Waals surface area (Å²) < 4.78 is 15.3. The van der Waals surface area contributed by atoms with Crippen LogP contribution in [0.5, 0.6) is 17.2 Å². The van der Waals surface area contributed by atoms with Crippen molar-refractivity contribution in [2.75, 3.05) is 0 Å². The van der Waals surface area contributed by atoms with E-state index in [9.17, 15) is 14.4 Å². The number of carbonyl (C=O) groups is 3. The highest BCUT2D eigenvalue weighted by atomic mass is 16.6. The van der Waals surface area contributed by atoms with Gasteiger partial charge in [0.05, 0.1) is 5.39 Å². The molecular weight excluding hydrogens is 288 g/mol. The first-order valence-electron chi connectivity index (χ1n) is 6.49. The van der Waals surface area contributed by atoms with Crippen molar-refractivity contribution in [1.29, 1.82) is 0 Å². The molecule has 0 spiro atoms. The van der Waals surface area contributed by atoms with E-state index in [4.69, 9.17) is 14.2 Å². The van der Waals surface area contributed by atoms with Crippen molar-refractivity contribution >= 4 is 28.7 Å². The largest absolute Gasteiger partial charge is 0.427 e. The van der Waals surface area contributed by atoms with Gasteiger partial charge in [-0.2, -0.15) is 0 Å². The van der Waals surface area contributed by atoms with E-state index in [0.29, 0.717) is 10.8 Å². The first kappa shape index (κ1) is 15.5. The molecule has 2 aromatic carbocycles. The second-order valence-electron chi connectivity index (χ2n) is 4.56. The highest BCUT2D eigenvalue weighted by Gasteiger charge is 2.15. The molecule has 6 nitrogen and oxygen atoms in total. The molecule has 0 aliphatic rings. The number of carbonyl (C=O) groups excluding carboxylic acids is 3.